The third-order valence-corrected chi connectivity index (χ3v) is 9.01. The van der Waals surface area contributed by atoms with Crippen molar-refractivity contribution in [3.05, 3.63) is 149 Å². The van der Waals surface area contributed by atoms with Crippen molar-refractivity contribution >= 4 is 39.0 Å². The van der Waals surface area contributed by atoms with Gasteiger partial charge in [-0.15, -0.1) is 0 Å². The lowest BCUT2D eigenvalue weighted by Crippen LogP contribution is -2.48. The zero-order valence-corrected chi connectivity index (χ0v) is 23.0. The highest BCUT2D eigenvalue weighted by Gasteiger charge is 2.69. The van der Waals surface area contributed by atoms with Gasteiger partial charge in [0, 0.05) is 22.5 Å². The van der Waals surface area contributed by atoms with Gasteiger partial charge in [0.05, 0.1) is 5.75 Å². The predicted molar refractivity (Wildman–Crippen MR) is 155 cm³/mol. The van der Waals surface area contributed by atoms with Crippen LogP contribution in [0.1, 0.15) is 37.8 Å². The first kappa shape index (κ1) is 27.0. The van der Waals surface area contributed by atoms with Gasteiger partial charge in [-0.1, -0.05) is 97.1 Å². The maximum absolute atomic E-state index is 14.9. The van der Waals surface area contributed by atoms with Crippen molar-refractivity contribution < 1.29 is 27.6 Å². The van der Waals surface area contributed by atoms with E-state index in [2.05, 4.69) is 0 Å². The van der Waals surface area contributed by atoms with E-state index >= 15 is 0 Å². The van der Waals surface area contributed by atoms with E-state index in [-0.39, 0.29) is 16.7 Å². The smallest absolute Gasteiger partial charge is 0.271 e. The largest absolute Gasteiger partial charge is 0.280 e. The summed E-state index contributed by atoms with van der Waals surface area (Å²) in [6.45, 7) is 0. The third-order valence-electron chi connectivity index (χ3n) is 7.62. The number of hydrazine groups is 1. The topological polar surface area (TPSA) is 109 Å². The van der Waals surface area contributed by atoms with Crippen LogP contribution >= 0.6 is 0 Å². The van der Waals surface area contributed by atoms with Crippen molar-refractivity contribution in [1.29, 1.82) is 0 Å². The van der Waals surface area contributed by atoms with E-state index in [0.29, 0.717) is 21.1 Å². The van der Waals surface area contributed by atoms with Crippen LogP contribution in [0.25, 0.3) is 5.57 Å². The Hall–Kier alpha value is -5.15. The predicted octanol–water partition coefficient (Wildman–Crippen LogP) is 4.49. The Labute approximate surface area is 242 Å². The zero-order chi connectivity index (χ0) is 29.5. The Morgan fingerprint density at radius 1 is 0.619 bits per heavy atom. The van der Waals surface area contributed by atoms with E-state index in [9.17, 15) is 27.6 Å². The van der Waals surface area contributed by atoms with Crippen LogP contribution in [0.3, 0.4) is 0 Å². The fourth-order valence-electron chi connectivity index (χ4n) is 5.72. The van der Waals surface area contributed by atoms with Crippen LogP contribution in [0, 0.1) is 5.41 Å². The maximum Gasteiger partial charge on any atom is 0.280 e. The van der Waals surface area contributed by atoms with Gasteiger partial charge in [0.15, 0.2) is 15.3 Å². The van der Waals surface area contributed by atoms with Gasteiger partial charge in [-0.2, -0.15) is 10.0 Å². The summed E-state index contributed by atoms with van der Waals surface area (Å²) in [5.74, 6) is -5.57. The summed E-state index contributed by atoms with van der Waals surface area (Å²) >= 11 is 0. The summed E-state index contributed by atoms with van der Waals surface area (Å²) < 4.78 is 26.8. The molecule has 1 unspecified atom stereocenters. The molecule has 9 heteroatoms. The van der Waals surface area contributed by atoms with Crippen molar-refractivity contribution in [2.75, 3.05) is 5.75 Å². The first-order valence-electron chi connectivity index (χ1n) is 13.2. The maximum atomic E-state index is 14.9. The van der Waals surface area contributed by atoms with E-state index in [4.69, 9.17) is 0 Å². The van der Waals surface area contributed by atoms with E-state index in [1.54, 1.807) is 97.1 Å². The van der Waals surface area contributed by atoms with E-state index < -0.39 is 50.6 Å². The molecule has 0 radical (unpaired) electrons. The first-order chi connectivity index (χ1) is 20.3. The Morgan fingerprint density at radius 3 is 1.48 bits per heavy atom. The minimum absolute atomic E-state index is 0.0755. The van der Waals surface area contributed by atoms with Crippen LogP contribution in [0.5, 0.6) is 0 Å². The van der Waals surface area contributed by atoms with Gasteiger partial charge in [0.1, 0.15) is 0 Å². The van der Waals surface area contributed by atoms with E-state index in [1.165, 1.54) is 24.3 Å². The number of amides is 4. The normalized spacial score (nSPS) is 19.0. The van der Waals surface area contributed by atoms with Crippen molar-refractivity contribution in [2.45, 2.75) is 5.92 Å². The fourth-order valence-corrected chi connectivity index (χ4v) is 7.40. The van der Waals surface area contributed by atoms with Crippen molar-refractivity contribution in [1.82, 2.24) is 10.0 Å². The Bertz CT molecular complexity index is 1770. The highest BCUT2D eigenvalue weighted by Crippen LogP contribution is 2.56. The highest BCUT2D eigenvalue weighted by molar-refractivity contribution is 7.94. The van der Waals surface area contributed by atoms with Crippen molar-refractivity contribution in [3.8, 4) is 0 Å². The van der Waals surface area contributed by atoms with Crippen LogP contribution in [-0.2, 0) is 19.4 Å². The molecular formula is C33H24N2O6S. The number of nitrogens with zero attached hydrogens (tertiary/aromatic N) is 2. The number of benzene rings is 4. The van der Waals surface area contributed by atoms with Crippen molar-refractivity contribution in [2.24, 2.45) is 5.41 Å². The fraction of sp³-hybridized carbons (Fsp3) is 0.0909. The molecule has 2 aliphatic rings. The molecule has 4 aromatic carbocycles. The average molecular weight is 577 g/mol. The number of sulfone groups is 1. The molecule has 2 aliphatic heterocycles. The molecular weight excluding hydrogens is 552 g/mol. The molecule has 0 bridgehead atoms. The second kappa shape index (κ2) is 10.4. The molecule has 0 N–H and O–H groups in total. The minimum Gasteiger partial charge on any atom is -0.271 e. The van der Waals surface area contributed by atoms with Gasteiger partial charge in [-0.25, -0.2) is 8.42 Å². The molecule has 0 aliphatic carbocycles. The third kappa shape index (κ3) is 4.26. The quantitative estimate of drug-likeness (QED) is 0.262. The standard InChI is InChI=1S/C33H24N2O6S/c36-29(25-17-9-3-10-18-25)34-31(38)33(32(39)35(34)30(37)26-19-11-4-12-20-26)27(23-13-5-1-6-14-23)21-42(40,41)22-28(33)24-15-7-2-8-16-24/h1-21,28H,22H2. The summed E-state index contributed by atoms with van der Waals surface area (Å²) in [5, 5.41) is 2.11. The number of rotatable bonds is 4. The summed E-state index contributed by atoms with van der Waals surface area (Å²) in [5.41, 5.74) is -1.46. The lowest BCUT2D eigenvalue weighted by Gasteiger charge is -2.38. The molecule has 8 nitrogen and oxygen atoms in total. The molecule has 0 aromatic heterocycles. The zero-order valence-electron chi connectivity index (χ0n) is 22.2. The number of imide groups is 2. The van der Waals surface area contributed by atoms with Gasteiger partial charge < -0.3 is 0 Å². The molecule has 1 spiro atoms. The van der Waals surface area contributed by atoms with Gasteiger partial charge >= 0.3 is 0 Å². The molecule has 4 aromatic rings. The number of carbonyl (C=O) groups excluding carboxylic acids is 4. The number of carbonyl (C=O) groups is 4. The van der Waals surface area contributed by atoms with E-state index in [0.717, 1.165) is 5.41 Å². The second-order valence-electron chi connectivity index (χ2n) is 10.1. The SMILES string of the molecule is O=C(c1ccccc1)N1C(=O)C2(C(=O)N1C(=O)c1ccccc1)C(c1ccccc1)=CS(=O)(=O)CC2c1ccccc1. The number of hydrogen-bond acceptors (Lipinski definition) is 6. The molecule has 208 valence electrons. The Kier molecular flexibility index (Phi) is 6.67. The lowest BCUT2D eigenvalue weighted by atomic mass is 9.65. The molecule has 1 atom stereocenters. The van der Waals surface area contributed by atoms with Crippen LogP contribution < -0.4 is 0 Å². The Balaban J connectivity index is 1.66. The van der Waals surface area contributed by atoms with Crippen molar-refractivity contribution in [3.63, 3.8) is 0 Å². The second-order valence-corrected chi connectivity index (χ2v) is 12.0. The van der Waals surface area contributed by atoms with Gasteiger partial charge in [0.2, 0.25) is 0 Å². The van der Waals surface area contributed by atoms with Crippen LogP contribution in [-0.4, -0.2) is 47.8 Å². The molecule has 6 rings (SSSR count). The summed E-state index contributed by atoms with van der Waals surface area (Å²) in [6.07, 6.45) is 0. The van der Waals surface area contributed by atoms with E-state index in [1.807, 2.05) is 0 Å². The van der Waals surface area contributed by atoms with Crippen LogP contribution in [0.4, 0.5) is 0 Å². The van der Waals surface area contributed by atoms with Crippen LogP contribution in [0.2, 0.25) is 0 Å². The summed E-state index contributed by atoms with van der Waals surface area (Å²) in [7, 11) is -3.94. The molecule has 2 heterocycles. The summed E-state index contributed by atoms with van der Waals surface area (Å²) in [4.78, 5) is 57.8. The average Bonchev–Trinajstić information content (AvgIpc) is 3.25. The highest BCUT2D eigenvalue weighted by atomic mass is 32.2. The lowest BCUT2D eigenvalue weighted by molar-refractivity contribution is -0.136. The number of hydrogen-bond donors (Lipinski definition) is 0. The first-order valence-corrected chi connectivity index (χ1v) is 14.9. The monoisotopic (exact) mass is 576 g/mol. The van der Waals surface area contributed by atoms with Gasteiger partial charge in [-0.05, 0) is 41.0 Å². The van der Waals surface area contributed by atoms with Gasteiger partial charge in [0.25, 0.3) is 23.6 Å². The minimum atomic E-state index is -3.94. The molecule has 1 fully saturated rings. The molecule has 1 saturated heterocycles. The van der Waals surface area contributed by atoms with Gasteiger partial charge in [-0.3, -0.25) is 19.2 Å². The Morgan fingerprint density at radius 2 is 1.02 bits per heavy atom. The summed E-state index contributed by atoms with van der Waals surface area (Å²) in [6, 6.07) is 32.3. The molecule has 0 saturated carbocycles. The molecule has 42 heavy (non-hydrogen) atoms. The van der Waals surface area contributed by atoms with Crippen LogP contribution in [0.15, 0.2) is 127 Å². The molecule has 4 amide bonds.